The zero-order valence-corrected chi connectivity index (χ0v) is 30.9. The van der Waals surface area contributed by atoms with E-state index in [1.807, 2.05) is 22.7 Å². The molecule has 0 fully saturated rings. The van der Waals surface area contributed by atoms with Crippen LogP contribution in [0.15, 0.2) is 164 Å². The van der Waals surface area contributed by atoms with Gasteiger partial charge in [-0.2, -0.15) is 0 Å². The third-order valence-corrected chi connectivity index (χ3v) is 13.9. The number of para-hydroxylation sites is 1. The molecule has 3 nitrogen and oxygen atoms in total. The zero-order chi connectivity index (χ0) is 35.8. The van der Waals surface area contributed by atoms with Crippen LogP contribution in [0.2, 0.25) is 0 Å². The van der Waals surface area contributed by atoms with E-state index in [-0.39, 0.29) is 0 Å². The van der Waals surface area contributed by atoms with Crippen molar-refractivity contribution in [2.75, 3.05) is 0 Å². The maximum atomic E-state index is 5.68. The summed E-state index contributed by atoms with van der Waals surface area (Å²) in [6.45, 7) is 0. The molecule has 0 spiro atoms. The Morgan fingerprint density at radius 3 is 1.85 bits per heavy atom. The summed E-state index contributed by atoms with van der Waals surface area (Å²) in [5.41, 5.74) is 5.23. The molecule has 0 N–H and O–H groups in total. The van der Waals surface area contributed by atoms with Crippen LogP contribution in [0, 0.1) is 0 Å². The quantitative estimate of drug-likeness (QED) is 0.166. The van der Waals surface area contributed by atoms with Crippen LogP contribution < -0.4 is 0 Å². The van der Waals surface area contributed by atoms with Crippen molar-refractivity contribution in [1.82, 2.24) is 14.5 Å². The molecule has 13 aromatic rings. The van der Waals surface area contributed by atoms with Crippen LogP contribution in [0.5, 0.6) is 0 Å². The Kier molecular flexibility index (Phi) is 5.93. The van der Waals surface area contributed by atoms with E-state index in [9.17, 15) is 0 Å². The summed E-state index contributed by atoms with van der Waals surface area (Å²) in [6, 6.07) is 59.6. The fraction of sp³-hybridized carbons (Fsp3) is 0. The van der Waals surface area contributed by atoms with Crippen LogP contribution in [0.1, 0.15) is 0 Å². The number of hydrogen-bond acceptors (Lipinski definition) is 4. The maximum Gasteiger partial charge on any atom is 0.235 e. The van der Waals surface area contributed by atoms with Crippen molar-refractivity contribution in [1.29, 1.82) is 0 Å². The van der Waals surface area contributed by atoms with Gasteiger partial charge in [-0.05, 0) is 62.6 Å². The van der Waals surface area contributed by atoms with Gasteiger partial charge in [0.2, 0.25) is 5.95 Å². The van der Waals surface area contributed by atoms with Gasteiger partial charge in [-0.3, -0.25) is 4.57 Å². The van der Waals surface area contributed by atoms with Crippen LogP contribution in [0.25, 0.3) is 123 Å². The van der Waals surface area contributed by atoms with Crippen LogP contribution in [0.4, 0.5) is 0 Å². The van der Waals surface area contributed by atoms with Crippen LogP contribution in [-0.4, -0.2) is 14.5 Å². The molecular formula is C50H27N3S2. The number of thiophene rings is 2. The van der Waals surface area contributed by atoms with Gasteiger partial charge in [-0.15, -0.1) is 22.7 Å². The SMILES string of the molecule is c1ccc2c(c1)ccc1nc(-n3c4ccccc4c4c5ccccc5c5c6ccccc6sc5c43)nc(-c3ccc4c(c3)sc3ccc5ccccc5c34)c12. The first-order valence-electron chi connectivity index (χ1n) is 18.6. The van der Waals surface area contributed by atoms with Gasteiger partial charge in [0.1, 0.15) is 0 Å². The van der Waals surface area contributed by atoms with Gasteiger partial charge in [0, 0.05) is 57.4 Å². The molecule has 5 heteroatoms. The van der Waals surface area contributed by atoms with Crippen molar-refractivity contribution in [2.24, 2.45) is 0 Å². The van der Waals surface area contributed by atoms with Gasteiger partial charge in [-0.1, -0.05) is 133 Å². The van der Waals surface area contributed by atoms with Gasteiger partial charge in [0.25, 0.3) is 0 Å². The van der Waals surface area contributed by atoms with Gasteiger partial charge in [0.15, 0.2) is 0 Å². The van der Waals surface area contributed by atoms with Crippen molar-refractivity contribution < 1.29 is 0 Å². The van der Waals surface area contributed by atoms with E-state index in [0.717, 1.165) is 38.6 Å². The molecule has 4 aromatic heterocycles. The third kappa shape index (κ3) is 4.03. The molecule has 55 heavy (non-hydrogen) atoms. The van der Waals surface area contributed by atoms with E-state index in [4.69, 9.17) is 9.97 Å². The molecule has 0 unspecified atom stereocenters. The van der Waals surface area contributed by atoms with Crippen LogP contribution >= 0.6 is 22.7 Å². The predicted molar refractivity (Wildman–Crippen MR) is 238 cm³/mol. The molecule has 13 rings (SSSR count). The van der Waals surface area contributed by atoms with E-state index in [2.05, 4.69) is 168 Å². The molecule has 0 atom stereocenters. The molecule has 0 bridgehead atoms. The van der Waals surface area contributed by atoms with E-state index >= 15 is 0 Å². The standard InChI is InChI=1S/C50H27N3S2/c1-3-13-31-29(12-1)23-26-41-43(31)37-24-21-30(27-42(37)54-41)47-46-32-14-4-2-11-28(32)22-25-38(46)51-50(52-47)53-39-19-9-7-17-35(39)44-33-15-5-6-16-34(33)45-36-18-8-10-20-40(36)55-49(45)48(44)53/h1-27H. The summed E-state index contributed by atoms with van der Waals surface area (Å²) in [7, 11) is 0. The largest absolute Gasteiger partial charge is 0.276 e. The van der Waals surface area contributed by atoms with Crippen molar-refractivity contribution in [2.45, 2.75) is 0 Å². The van der Waals surface area contributed by atoms with Gasteiger partial charge in [0.05, 0.1) is 26.9 Å². The van der Waals surface area contributed by atoms with Crippen LogP contribution in [-0.2, 0) is 0 Å². The summed E-state index contributed by atoms with van der Waals surface area (Å²) in [5.74, 6) is 0.681. The van der Waals surface area contributed by atoms with E-state index in [1.54, 1.807) is 0 Å². The minimum atomic E-state index is 0.681. The zero-order valence-electron chi connectivity index (χ0n) is 29.2. The highest BCUT2D eigenvalue weighted by Gasteiger charge is 2.24. The molecule has 254 valence electrons. The first kappa shape index (κ1) is 29.8. The van der Waals surface area contributed by atoms with Gasteiger partial charge in [-0.25, -0.2) is 9.97 Å². The van der Waals surface area contributed by atoms with E-state index < -0.39 is 0 Å². The highest BCUT2D eigenvalue weighted by atomic mass is 32.1. The van der Waals surface area contributed by atoms with E-state index in [0.29, 0.717) is 5.95 Å². The molecule has 0 aliphatic heterocycles. The van der Waals surface area contributed by atoms with Gasteiger partial charge >= 0.3 is 0 Å². The Labute approximate surface area is 322 Å². The summed E-state index contributed by atoms with van der Waals surface area (Å²) >= 11 is 3.72. The number of hydrogen-bond donors (Lipinski definition) is 0. The molecular weight excluding hydrogens is 707 g/mol. The Hall–Kier alpha value is -6.66. The summed E-state index contributed by atoms with van der Waals surface area (Å²) < 4.78 is 7.44. The molecule has 0 amide bonds. The number of aromatic nitrogens is 3. The Bertz CT molecular complexity index is 3790. The summed E-state index contributed by atoms with van der Waals surface area (Å²) in [6.07, 6.45) is 0. The van der Waals surface area contributed by atoms with E-state index in [1.165, 1.54) is 78.0 Å². The lowest BCUT2D eigenvalue weighted by Gasteiger charge is -2.14. The minimum absolute atomic E-state index is 0.681. The maximum absolute atomic E-state index is 5.68. The number of nitrogens with zero attached hydrogens (tertiary/aromatic N) is 3. The number of fused-ring (bicyclic) bond motifs is 18. The lowest BCUT2D eigenvalue weighted by Crippen LogP contribution is -2.04. The average molecular weight is 734 g/mol. The molecule has 0 saturated heterocycles. The Morgan fingerprint density at radius 2 is 1.04 bits per heavy atom. The monoisotopic (exact) mass is 733 g/mol. The molecule has 4 heterocycles. The normalized spacial score (nSPS) is 12.4. The molecule has 0 radical (unpaired) electrons. The lowest BCUT2D eigenvalue weighted by atomic mass is 9.98. The molecule has 9 aromatic carbocycles. The number of benzene rings is 9. The molecule has 0 saturated carbocycles. The first-order chi connectivity index (χ1) is 27.3. The highest BCUT2D eigenvalue weighted by molar-refractivity contribution is 7.27. The summed E-state index contributed by atoms with van der Waals surface area (Å²) in [5, 5.41) is 16.1. The third-order valence-electron chi connectivity index (χ3n) is 11.6. The predicted octanol–water partition coefficient (Wildman–Crippen LogP) is 14.6. The minimum Gasteiger partial charge on any atom is -0.276 e. The Morgan fingerprint density at radius 1 is 0.400 bits per heavy atom. The fourth-order valence-corrected chi connectivity index (χ4v) is 11.6. The lowest BCUT2D eigenvalue weighted by molar-refractivity contribution is 1.02. The van der Waals surface area contributed by atoms with Crippen molar-refractivity contribution >= 4 is 128 Å². The molecule has 0 aliphatic carbocycles. The van der Waals surface area contributed by atoms with Gasteiger partial charge < -0.3 is 0 Å². The second kappa shape index (κ2) is 11.0. The topological polar surface area (TPSA) is 30.7 Å². The summed E-state index contributed by atoms with van der Waals surface area (Å²) in [4.78, 5) is 11.2. The molecule has 0 aliphatic rings. The Balaban J connectivity index is 1.18. The smallest absolute Gasteiger partial charge is 0.235 e. The fourth-order valence-electron chi connectivity index (χ4n) is 9.23. The van der Waals surface area contributed by atoms with Crippen molar-refractivity contribution in [3.05, 3.63) is 164 Å². The van der Waals surface area contributed by atoms with Crippen LogP contribution in [0.3, 0.4) is 0 Å². The van der Waals surface area contributed by atoms with Crippen molar-refractivity contribution in [3.63, 3.8) is 0 Å². The first-order valence-corrected chi connectivity index (χ1v) is 20.2. The second-order valence-electron chi connectivity index (χ2n) is 14.4. The highest BCUT2D eigenvalue weighted by Crippen LogP contribution is 2.48. The van der Waals surface area contributed by atoms with Crippen molar-refractivity contribution in [3.8, 4) is 17.2 Å². The number of rotatable bonds is 2. The average Bonchev–Trinajstić information content (AvgIpc) is 3.93. The second-order valence-corrected chi connectivity index (χ2v) is 16.6.